The molecule has 4 rings (SSSR count). The molecule has 0 aliphatic carbocycles. The van der Waals surface area contributed by atoms with Gasteiger partial charge in [-0.25, -0.2) is 4.68 Å². The molecule has 1 fully saturated rings. The van der Waals surface area contributed by atoms with Crippen LogP contribution in [0.5, 0.6) is 0 Å². The number of fused-ring (bicyclic) bond motifs is 1. The van der Waals surface area contributed by atoms with Gasteiger partial charge in [-0.3, -0.25) is 9.59 Å². The van der Waals surface area contributed by atoms with Crippen molar-refractivity contribution in [3.05, 3.63) is 64.2 Å². The molecule has 1 aliphatic rings. The average Bonchev–Trinajstić information content (AvgIpc) is 3.30. The van der Waals surface area contributed by atoms with Gasteiger partial charge in [-0.15, -0.1) is 0 Å². The molecule has 6 heteroatoms. The minimum atomic E-state index is -0.132. The highest BCUT2D eigenvalue weighted by Crippen LogP contribution is 2.24. The van der Waals surface area contributed by atoms with Crippen LogP contribution in [0.4, 0.5) is 0 Å². The van der Waals surface area contributed by atoms with E-state index in [-0.39, 0.29) is 22.9 Å². The molecule has 1 unspecified atom stereocenters. The van der Waals surface area contributed by atoms with E-state index in [1.807, 2.05) is 35.4 Å². The number of nitrogens with zero attached hydrogens (tertiary/aromatic N) is 3. The standard InChI is InChI=1S/C22H26N4O2/c1-22(2,3)19-8-9-20(27)26(24-19)14-17-5-4-12-25(17)21(28)16-6-7-18-15(13-16)10-11-23-18/h6-11,13,17,23H,4-5,12,14H2,1-3H3. The number of nitrogens with one attached hydrogen (secondary N) is 1. The Kier molecular flexibility index (Phi) is 4.57. The molecule has 3 heterocycles. The summed E-state index contributed by atoms with van der Waals surface area (Å²) in [5.74, 6) is 0.0191. The zero-order valence-electron chi connectivity index (χ0n) is 16.6. The van der Waals surface area contributed by atoms with Crippen LogP contribution in [0.1, 0.15) is 49.7 Å². The minimum Gasteiger partial charge on any atom is -0.361 e. The Labute approximate surface area is 164 Å². The highest BCUT2D eigenvalue weighted by Gasteiger charge is 2.30. The number of benzene rings is 1. The molecule has 0 bridgehead atoms. The van der Waals surface area contributed by atoms with Crippen LogP contribution in [0.25, 0.3) is 10.9 Å². The van der Waals surface area contributed by atoms with Crippen molar-refractivity contribution in [2.24, 2.45) is 0 Å². The lowest BCUT2D eigenvalue weighted by atomic mass is 9.92. The van der Waals surface area contributed by atoms with Crippen molar-refractivity contribution in [1.29, 1.82) is 0 Å². The lowest BCUT2D eigenvalue weighted by Gasteiger charge is -2.26. The lowest BCUT2D eigenvalue weighted by Crippen LogP contribution is -2.41. The second-order valence-electron chi connectivity index (χ2n) is 8.56. The maximum absolute atomic E-state index is 13.1. The quantitative estimate of drug-likeness (QED) is 0.760. The van der Waals surface area contributed by atoms with E-state index in [2.05, 4.69) is 30.9 Å². The third-order valence-corrected chi connectivity index (χ3v) is 5.46. The zero-order valence-corrected chi connectivity index (χ0v) is 16.6. The third kappa shape index (κ3) is 3.46. The monoisotopic (exact) mass is 378 g/mol. The van der Waals surface area contributed by atoms with Crippen LogP contribution >= 0.6 is 0 Å². The van der Waals surface area contributed by atoms with Gasteiger partial charge in [-0.05, 0) is 43.2 Å². The van der Waals surface area contributed by atoms with Crippen LogP contribution in [-0.4, -0.2) is 38.2 Å². The van der Waals surface area contributed by atoms with Crippen molar-refractivity contribution in [3.8, 4) is 0 Å². The molecule has 1 aliphatic heterocycles. The Morgan fingerprint density at radius 1 is 1.21 bits per heavy atom. The molecule has 0 radical (unpaired) electrons. The van der Waals surface area contributed by atoms with Gasteiger partial charge in [0, 0.05) is 40.7 Å². The fraction of sp³-hybridized carbons (Fsp3) is 0.409. The zero-order chi connectivity index (χ0) is 19.9. The highest BCUT2D eigenvalue weighted by molar-refractivity contribution is 5.98. The van der Waals surface area contributed by atoms with Gasteiger partial charge >= 0.3 is 0 Å². The number of hydrogen-bond acceptors (Lipinski definition) is 3. The summed E-state index contributed by atoms with van der Waals surface area (Å²) < 4.78 is 1.52. The normalized spacial score (nSPS) is 17.4. The van der Waals surface area contributed by atoms with E-state index in [0.717, 1.165) is 29.4 Å². The molecule has 1 N–H and O–H groups in total. The van der Waals surface area contributed by atoms with E-state index in [9.17, 15) is 9.59 Å². The maximum atomic E-state index is 13.1. The second kappa shape index (κ2) is 6.93. The largest absolute Gasteiger partial charge is 0.361 e. The lowest BCUT2D eigenvalue weighted by molar-refractivity contribution is 0.0720. The Bertz CT molecular complexity index is 1070. The van der Waals surface area contributed by atoms with Crippen LogP contribution < -0.4 is 5.56 Å². The number of carbonyl (C=O) groups excluding carboxylic acids is 1. The van der Waals surface area contributed by atoms with Gasteiger partial charge in [0.25, 0.3) is 11.5 Å². The SMILES string of the molecule is CC(C)(C)c1ccc(=O)n(CC2CCCN2C(=O)c2ccc3[nH]ccc3c2)n1. The number of H-pyrrole nitrogens is 1. The summed E-state index contributed by atoms with van der Waals surface area (Å²) in [5, 5.41) is 5.59. The number of likely N-dealkylation sites (tertiary alicyclic amines) is 1. The van der Waals surface area contributed by atoms with Gasteiger partial charge in [0.15, 0.2) is 0 Å². The smallest absolute Gasteiger partial charge is 0.266 e. The van der Waals surface area contributed by atoms with E-state index < -0.39 is 0 Å². The molecule has 0 spiro atoms. The van der Waals surface area contributed by atoms with E-state index in [0.29, 0.717) is 18.7 Å². The van der Waals surface area contributed by atoms with Gasteiger partial charge in [-0.1, -0.05) is 20.8 Å². The molecule has 1 saturated heterocycles. The van der Waals surface area contributed by atoms with Crippen LogP contribution in [0, 0.1) is 0 Å². The van der Waals surface area contributed by atoms with Gasteiger partial charge in [0.05, 0.1) is 18.3 Å². The average molecular weight is 378 g/mol. The van der Waals surface area contributed by atoms with Crippen LogP contribution in [0.2, 0.25) is 0 Å². The van der Waals surface area contributed by atoms with Crippen molar-refractivity contribution in [2.45, 2.75) is 51.6 Å². The first-order valence-electron chi connectivity index (χ1n) is 9.80. The Morgan fingerprint density at radius 2 is 2.04 bits per heavy atom. The summed E-state index contributed by atoms with van der Waals surface area (Å²) in [6.07, 6.45) is 3.69. The Morgan fingerprint density at radius 3 is 2.82 bits per heavy atom. The predicted octanol–water partition coefficient (Wildman–Crippen LogP) is 3.33. The van der Waals surface area contributed by atoms with Crippen molar-refractivity contribution >= 4 is 16.8 Å². The van der Waals surface area contributed by atoms with Gasteiger partial charge < -0.3 is 9.88 Å². The maximum Gasteiger partial charge on any atom is 0.266 e. The number of carbonyl (C=O) groups is 1. The summed E-state index contributed by atoms with van der Waals surface area (Å²) in [6, 6.07) is 11.0. The molecular weight excluding hydrogens is 352 g/mol. The summed E-state index contributed by atoms with van der Waals surface area (Å²) in [5.41, 5.74) is 2.32. The number of hydrogen-bond donors (Lipinski definition) is 1. The molecule has 28 heavy (non-hydrogen) atoms. The van der Waals surface area contributed by atoms with Crippen molar-refractivity contribution in [2.75, 3.05) is 6.54 Å². The van der Waals surface area contributed by atoms with Crippen molar-refractivity contribution in [3.63, 3.8) is 0 Å². The molecule has 1 aromatic carbocycles. The fourth-order valence-electron chi connectivity index (χ4n) is 3.82. The molecule has 3 aromatic rings. The molecule has 1 amide bonds. The van der Waals surface area contributed by atoms with E-state index in [1.165, 1.54) is 4.68 Å². The predicted molar refractivity (Wildman–Crippen MR) is 110 cm³/mol. The van der Waals surface area contributed by atoms with Crippen LogP contribution in [0.15, 0.2) is 47.4 Å². The first-order valence-corrected chi connectivity index (χ1v) is 9.80. The van der Waals surface area contributed by atoms with Gasteiger partial charge in [0.2, 0.25) is 0 Å². The fourth-order valence-corrected chi connectivity index (χ4v) is 3.82. The van der Waals surface area contributed by atoms with Crippen LogP contribution in [0.3, 0.4) is 0 Å². The van der Waals surface area contributed by atoms with Crippen LogP contribution in [-0.2, 0) is 12.0 Å². The highest BCUT2D eigenvalue weighted by atomic mass is 16.2. The van der Waals surface area contributed by atoms with E-state index in [1.54, 1.807) is 12.1 Å². The second-order valence-corrected chi connectivity index (χ2v) is 8.56. The van der Waals surface area contributed by atoms with Gasteiger partial charge in [0.1, 0.15) is 0 Å². The summed E-state index contributed by atoms with van der Waals surface area (Å²) in [6.45, 7) is 7.37. The summed E-state index contributed by atoms with van der Waals surface area (Å²) in [7, 11) is 0. The molecule has 2 aromatic heterocycles. The molecule has 1 atom stereocenters. The number of aromatic nitrogens is 3. The third-order valence-electron chi connectivity index (χ3n) is 5.46. The number of amides is 1. The minimum absolute atomic E-state index is 0.0187. The Balaban J connectivity index is 1.58. The molecule has 146 valence electrons. The number of rotatable bonds is 3. The van der Waals surface area contributed by atoms with Gasteiger partial charge in [-0.2, -0.15) is 5.10 Å². The summed E-state index contributed by atoms with van der Waals surface area (Å²) >= 11 is 0. The Hall–Kier alpha value is -2.89. The topological polar surface area (TPSA) is 71.0 Å². The van der Waals surface area contributed by atoms with Crippen molar-refractivity contribution < 1.29 is 4.79 Å². The summed E-state index contributed by atoms with van der Waals surface area (Å²) in [4.78, 5) is 30.5. The molecule has 6 nitrogen and oxygen atoms in total. The first kappa shape index (κ1) is 18.5. The van der Waals surface area contributed by atoms with E-state index in [4.69, 9.17) is 0 Å². The molecular formula is C22H26N4O2. The first-order chi connectivity index (χ1) is 13.3. The molecule has 0 saturated carbocycles. The number of aromatic amines is 1. The van der Waals surface area contributed by atoms with Crippen molar-refractivity contribution in [1.82, 2.24) is 19.7 Å². The van der Waals surface area contributed by atoms with E-state index >= 15 is 0 Å².